The van der Waals surface area contributed by atoms with Gasteiger partial charge in [0.05, 0.1) is 70.6 Å². The van der Waals surface area contributed by atoms with Crippen molar-refractivity contribution in [3.8, 4) is 5.75 Å². The minimum atomic E-state index is -1.04. The molecule has 4 amide bonds. The summed E-state index contributed by atoms with van der Waals surface area (Å²) in [5, 5.41) is 10.6. The maximum Gasteiger partial charge on any atom is 0.329 e. The summed E-state index contributed by atoms with van der Waals surface area (Å²) in [5.74, 6) is -3.14. The molecule has 1 fully saturated rings. The van der Waals surface area contributed by atoms with Crippen molar-refractivity contribution in [2.45, 2.75) is 18.9 Å². The summed E-state index contributed by atoms with van der Waals surface area (Å²) in [6.07, 6.45) is 0.126. The third kappa shape index (κ3) is 9.07. The number of hydrogen-bond acceptors (Lipinski definition) is 11. The second-order valence-corrected chi connectivity index (χ2v) is 8.37. The number of nitrogens with one attached hydrogen (secondary N) is 1. The van der Waals surface area contributed by atoms with Crippen LogP contribution in [0.25, 0.3) is 0 Å². The Kier molecular flexibility index (Phi) is 12.2. The summed E-state index contributed by atoms with van der Waals surface area (Å²) in [6, 6.07) is 3.62. The van der Waals surface area contributed by atoms with Gasteiger partial charge in [0.25, 0.3) is 11.8 Å². The van der Waals surface area contributed by atoms with E-state index < -0.39 is 35.6 Å². The molecule has 0 spiro atoms. The minimum absolute atomic E-state index is 0.0468. The molecule has 1 atom stereocenters. The fourth-order valence-electron chi connectivity index (χ4n) is 3.85. The van der Waals surface area contributed by atoms with Crippen LogP contribution in [0.4, 0.5) is 0 Å². The number of rotatable bonds is 19. The highest BCUT2D eigenvalue weighted by Crippen LogP contribution is 2.33. The first kappa shape index (κ1) is 30.1. The van der Waals surface area contributed by atoms with Gasteiger partial charge in [0.1, 0.15) is 25.0 Å². The van der Waals surface area contributed by atoms with Crippen molar-refractivity contribution in [3.63, 3.8) is 0 Å². The number of carboxylic acids is 1. The molecule has 0 radical (unpaired) electrons. The number of ether oxygens (including phenoxy) is 6. The lowest BCUT2D eigenvalue weighted by atomic mass is 10.0. The van der Waals surface area contributed by atoms with E-state index in [0.29, 0.717) is 39.6 Å². The van der Waals surface area contributed by atoms with E-state index in [-0.39, 0.29) is 62.8 Å². The molecule has 0 bridgehead atoms. The van der Waals surface area contributed by atoms with Crippen LogP contribution in [-0.2, 0) is 38.1 Å². The topological polar surface area (TPSA) is 176 Å². The van der Waals surface area contributed by atoms with Crippen LogP contribution < -0.4 is 10.1 Å². The van der Waals surface area contributed by atoms with Crippen LogP contribution in [0.3, 0.4) is 0 Å². The van der Waals surface area contributed by atoms with Crippen molar-refractivity contribution in [2.24, 2.45) is 0 Å². The normalized spacial score (nSPS) is 16.9. The molecule has 3 rings (SSSR count). The number of nitrogens with zero attached hydrogens (tertiary/aromatic N) is 1. The maximum absolute atomic E-state index is 13.0. The minimum Gasteiger partial charge on any atom is -0.490 e. The highest BCUT2D eigenvalue weighted by Gasteiger charge is 2.45. The van der Waals surface area contributed by atoms with Crippen molar-refractivity contribution in [1.29, 1.82) is 0 Å². The molecular formula is C25H32N2O12. The maximum atomic E-state index is 13.0. The zero-order chi connectivity index (χ0) is 28.0. The van der Waals surface area contributed by atoms with Gasteiger partial charge in [-0.15, -0.1) is 0 Å². The van der Waals surface area contributed by atoms with Crippen LogP contribution in [0.5, 0.6) is 5.75 Å². The van der Waals surface area contributed by atoms with Crippen LogP contribution >= 0.6 is 0 Å². The number of amides is 4. The predicted molar refractivity (Wildman–Crippen MR) is 130 cm³/mol. The van der Waals surface area contributed by atoms with Gasteiger partial charge in [0.2, 0.25) is 11.8 Å². The van der Waals surface area contributed by atoms with Gasteiger partial charge >= 0.3 is 5.97 Å². The largest absolute Gasteiger partial charge is 0.490 e. The first-order valence-corrected chi connectivity index (χ1v) is 12.5. The molecule has 14 nitrogen and oxygen atoms in total. The molecule has 214 valence electrons. The Labute approximate surface area is 224 Å². The summed E-state index contributed by atoms with van der Waals surface area (Å²) in [5.41, 5.74) is 0.238. The van der Waals surface area contributed by atoms with E-state index in [0.717, 1.165) is 4.90 Å². The molecule has 2 aliphatic heterocycles. The summed E-state index contributed by atoms with van der Waals surface area (Å²) < 4.78 is 31.9. The number of aliphatic carboxylic acids is 1. The zero-order valence-corrected chi connectivity index (χ0v) is 21.4. The first-order valence-electron chi connectivity index (χ1n) is 12.5. The second kappa shape index (κ2) is 15.9. The SMILES string of the molecule is O=C(O)COCCOCCOCCOCCOCCOc1cccc2c1C(=O)N(C1CCC(=O)NC1=O)C2=O. The van der Waals surface area contributed by atoms with E-state index >= 15 is 0 Å². The number of fused-ring (bicyclic) bond motifs is 1. The summed E-state index contributed by atoms with van der Waals surface area (Å²) in [6.45, 7) is 2.63. The van der Waals surface area contributed by atoms with Gasteiger partial charge in [-0.25, -0.2) is 4.79 Å². The molecule has 2 N–H and O–H groups in total. The van der Waals surface area contributed by atoms with Crippen molar-refractivity contribution in [2.75, 3.05) is 72.7 Å². The van der Waals surface area contributed by atoms with Gasteiger partial charge in [-0.3, -0.25) is 29.4 Å². The fraction of sp³-hybridized carbons (Fsp3) is 0.560. The molecule has 0 saturated carbocycles. The number of hydrogen-bond donors (Lipinski definition) is 2. The van der Waals surface area contributed by atoms with Crippen LogP contribution in [0.1, 0.15) is 33.6 Å². The highest BCUT2D eigenvalue weighted by atomic mass is 16.6. The average molecular weight is 553 g/mol. The van der Waals surface area contributed by atoms with E-state index in [4.69, 9.17) is 33.5 Å². The molecule has 0 aromatic heterocycles. The molecule has 2 heterocycles. The number of carbonyl (C=O) groups excluding carboxylic acids is 4. The molecule has 1 unspecified atom stereocenters. The van der Waals surface area contributed by atoms with E-state index in [1.165, 1.54) is 6.07 Å². The smallest absolute Gasteiger partial charge is 0.329 e. The third-order valence-corrected chi connectivity index (χ3v) is 5.63. The lowest BCUT2D eigenvalue weighted by Crippen LogP contribution is -2.54. The van der Waals surface area contributed by atoms with Crippen molar-refractivity contribution in [1.82, 2.24) is 10.2 Å². The van der Waals surface area contributed by atoms with Gasteiger partial charge in [-0.1, -0.05) is 6.07 Å². The van der Waals surface area contributed by atoms with Crippen LogP contribution in [0.15, 0.2) is 18.2 Å². The highest BCUT2D eigenvalue weighted by molar-refractivity contribution is 6.24. The molecule has 1 saturated heterocycles. The summed E-state index contributed by atoms with van der Waals surface area (Å²) >= 11 is 0. The van der Waals surface area contributed by atoms with Gasteiger partial charge in [-0.2, -0.15) is 0 Å². The molecule has 2 aliphatic rings. The standard InChI is InChI=1S/C25H32N2O12/c28-20-5-4-18(23(31)26-20)27-24(32)17-2-1-3-19(22(17)25(27)33)39-15-14-37-11-10-35-7-6-34-8-9-36-12-13-38-16-21(29)30/h1-3,18H,4-16H2,(H,29,30)(H,26,28,31). The third-order valence-electron chi connectivity index (χ3n) is 5.63. The molecule has 14 heteroatoms. The second-order valence-electron chi connectivity index (χ2n) is 8.37. The Morgan fingerprint density at radius 2 is 1.38 bits per heavy atom. The summed E-state index contributed by atoms with van der Waals surface area (Å²) in [7, 11) is 0. The molecule has 0 aliphatic carbocycles. The number of benzene rings is 1. The zero-order valence-electron chi connectivity index (χ0n) is 21.4. The summed E-state index contributed by atoms with van der Waals surface area (Å²) in [4.78, 5) is 60.7. The predicted octanol–water partition coefficient (Wildman–Crippen LogP) is -0.366. The van der Waals surface area contributed by atoms with Crippen molar-refractivity contribution >= 4 is 29.6 Å². The van der Waals surface area contributed by atoms with E-state index in [9.17, 15) is 24.0 Å². The monoisotopic (exact) mass is 552 g/mol. The van der Waals surface area contributed by atoms with Gasteiger partial charge in [0.15, 0.2) is 0 Å². The van der Waals surface area contributed by atoms with Crippen molar-refractivity contribution < 1.29 is 57.5 Å². The van der Waals surface area contributed by atoms with E-state index in [1.807, 2.05) is 0 Å². The molecule has 1 aromatic rings. The van der Waals surface area contributed by atoms with Crippen LogP contribution in [0, 0.1) is 0 Å². The fourth-order valence-corrected chi connectivity index (χ4v) is 3.85. The molecule has 39 heavy (non-hydrogen) atoms. The van der Waals surface area contributed by atoms with E-state index in [1.54, 1.807) is 12.1 Å². The van der Waals surface area contributed by atoms with Crippen LogP contribution in [0.2, 0.25) is 0 Å². The molecule has 1 aromatic carbocycles. The van der Waals surface area contributed by atoms with Crippen molar-refractivity contribution in [3.05, 3.63) is 29.3 Å². The number of carbonyl (C=O) groups is 5. The lowest BCUT2D eigenvalue weighted by molar-refractivity contribution is -0.143. The average Bonchev–Trinajstić information content (AvgIpc) is 3.16. The Morgan fingerprint density at radius 3 is 1.95 bits per heavy atom. The van der Waals surface area contributed by atoms with Gasteiger partial charge in [0, 0.05) is 6.42 Å². The number of piperidine rings is 1. The Hall–Kier alpha value is -3.43. The van der Waals surface area contributed by atoms with E-state index in [2.05, 4.69) is 5.32 Å². The first-order chi connectivity index (χ1) is 18.9. The Bertz CT molecular complexity index is 1030. The lowest BCUT2D eigenvalue weighted by Gasteiger charge is -2.27. The number of carboxylic acid groups (broad SMARTS) is 1. The molecular weight excluding hydrogens is 520 g/mol. The quantitative estimate of drug-likeness (QED) is 0.169. The number of imide groups is 2. The Morgan fingerprint density at radius 1 is 0.821 bits per heavy atom. The van der Waals surface area contributed by atoms with Gasteiger partial charge in [-0.05, 0) is 18.6 Å². The Balaban J connectivity index is 1.25. The van der Waals surface area contributed by atoms with Crippen LogP contribution in [-0.4, -0.2) is 118 Å². The van der Waals surface area contributed by atoms with Gasteiger partial charge < -0.3 is 33.5 Å².